The molecule has 510 valence electrons. The molecule has 0 fully saturated rings. The van der Waals surface area contributed by atoms with Gasteiger partial charge in [0.2, 0.25) is 5.91 Å². The molecule has 23 nitrogen and oxygen atoms in total. The zero-order valence-corrected chi connectivity index (χ0v) is 56.6. The molecule has 1 unspecified atom stereocenters. The minimum Gasteiger partial charge on any atom is -0.469 e. The maximum Gasteiger partial charge on any atom is 0.306 e. The first-order valence-electron chi connectivity index (χ1n) is 31.8. The van der Waals surface area contributed by atoms with Gasteiger partial charge >= 0.3 is 5.97 Å². The number of aliphatic hydroxyl groups is 1. The molecule has 0 heterocycles. The van der Waals surface area contributed by atoms with Crippen molar-refractivity contribution in [3.63, 3.8) is 0 Å². The number of ketones is 8. The summed E-state index contributed by atoms with van der Waals surface area (Å²) in [7, 11) is 2.33. The number of amides is 1. The number of Topliss-reactive ketones (excluding diaryl/α,β-unsaturated/α-hetero) is 7. The Morgan fingerprint density at radius 1 is 0.444 bits per heavy atom. The van der Waals surface area contributed by atoms with Crippen LogP contribution in [0.3, 0.4) is 0 Å². The minimum absolute atomic E-state index is 0.0185. The smallest absolute Gasteiger partial charge is 0.306 e. The van der Waals surface area contributed by atoms with Gasteiger partial charge in [-0.2, -0.15) is 0 Å². The number of carbonyl (C=O) groups is 10. The van der Waals surface area contributed by atoms with Crippen LogP contribution in [0.25, 0.3) is 0 Å². The first kappa shape index (κ1) is 85.9. The summed E-state index contributed by atoms with van der Waals surface area (Å²) >= 11 is 0. The lowest BCUT2D eigenvalue weighted by Gasteiger charge is -2.32. The first-order chi connectivity index (χ1) is 42.6. The largest absolute Gasteiger partial charge is 0.469 e. The Labute approximate surface area is 538 Å². The van der Waals surface area contributed by atoms with Gasteiger partial charge in [0, 0.05) is 206 Å². The number of anilines is 1. The van der Waals surface area contributed by atoms with Crippen molar-refractivity contribution in [2.24, 2.45) is 5.92 Å². The summed E-state index contributed by atoms with van der Waals surface area (Å²) in [6, 6.07) is 7.76. The second-order valence-electron chi connectivity index (χ2n) is 23.5. The Morgan fingerprint density at radius 2 is 0.700 bits per heavy atom. The fourth-order valence-corrected chi connectivity index (χ4v) is 9.23. The van der Waals surface area contributed by atoms with Gasteiger partial charge in [-0.3, -0.25) is 47.9 Å². The first-order valence-corrected chi connectivity index (χ1v) is 31.8. The Hall–Kier alpha value is -6.21. The van der Waals surface area contributed by atoms with Crippen molar-refractivity contribution in [1.29, 1.82) is 16.2 Å². The lowest BCUT2D eigenvalue weighted by Crippen LogP contribution is -2.42. The number of methoxy groups -OCH3 is 1. The summed E-state index contributed by atoms with van der Waals surface area (Å²) in [5.41, 5.74) is 9.41. The van der Waals surface area contributed by atoms with Gasteiger partial charge in [0.05, 0.1) is 13.5 Å². The highest BCUT2D eigenvalue weighted by atomic mass is 16.5. The van der Waals surface area contributed by atoms with E-state index in [0.29, 0.717) is 237 Å². The molecule has 0 aliphatic carbocycles. The van der Waals surface area contributed by atoms with E-state index in [1.54, 1.807) is 41.5 Å². The number of benzene rings is 1. The molecule has 0 radical (unpaired) electrons. The van der Waals surface area contributed by atoms with E-state index in [4.69, 9.17) is 31.8 Å². The van der Waals surface area contributed by atoms with Gasteiger partial charge in [-0.15, -0.1) is 0 Å². The SMILES string of the molecule is C=CC(C)=O.CO.COC(=O)CCN(CCNC(=O)CCN(CCC(=N)CCN(CCC(C)=O)CCC(C)=O)CC(Cc1ccc(N)cc1)CN(CCC(=N)CCN(CCC(C)=O)CCC(C)=O)CCC(=N)CCN(CCC(C)=O)CCC(C)=O)CCC(C)=O. The van der Waals surface area contributed by atoms with Crippen molar-refractivity contribution < 1.29 is 57.8 Å². The Morgan fingerprint density at radius 3 is 0.978 bits per heavy atom. The van der Waals surface area contributed by atoms with E-state index in [2.05, 4.69) is 36.4 Å². The number of carbonyl (C=O) groups excluding carboxylic acids is 10. The molecule has 0 spiro atoms. The molecule has 7 N–H and O–H groups in total. The maximum absolute atomic E-state index is 13.7. The van der Waals surface area contributed by atoms with Crippen molar-refractivity contribution in [1.82, 2.24) is 34.7 Å². The van der Waals surface area contributed by atoms with Gasteiger partial charge < -0.3 is 66.5 Å². The number of rotatable bonds is 55. The molecule has 0 aliphatic rings. The van der Waals surface area contributed by atoms with Crippen LogP contribution in [0.15, 0.2) is 36.9 Å². The molecular weight excluding hydrogens is 1150 g/mol. The van der Waals surface area contributed by atoms with E-state index in [0.717, 1.165) is 12.7 Å². The predicted molar refractivity (Wildman–Crippen MR) is 358 cm³/mol. The zero-order chi connectivity index (χ0) is 68.4. The third-order valence-corrected chi connectivity index (χ3v) is 14.9. The quantitative estimate of drug-likeness (QED) is 0.0190. The fourth-order valence-electron chi connectivity index (χ4n) is 9.23. The lowest BCUT2D eigenvalue weighted by atomic mass is 9.96. The number of nitrogens with one attached hydrogen (secondary N) is 4. The monoisotopic (exact) mass is 1270 g/mol. The molecule has 0 saturated heterocycles. The minimum atomic E-state index is -0.364. The van der Waals surface area contributed by atoms with Crippen LogP contribution in [0.5, 0.6) is 0 Å². The highest BCUT2D eigenvalue weighted by Gasteiger charge is 2.23. The molecule has 1 aromatic carbocycles. The van der Waals surface area contributed by atoms with Crippen molar-refractivity contribution in [3.05, 3.63) is 42.5 Å². The van der Waals surface area contributed by atoms with Crippen LogP contribution in [0.2, 0.25) is 0 Å². The number of hydrogen-bond acceptors (Lipinski definition) is 22. The molecule has 1 rings (SSSR count). The second kappa shape index (κ2) is 53.5. The average Bonchev–Trinajstić information content (AvgIpc) is 2.04. The topological polar surface area (TPSA) is 329 Å². The number of allylic oxidation sites excluding steroid dienone is 1. The Kier molecular flexibility index (Phi) is 51.0. The van der Waals surface area contributed by atoms with Crippen molar-refractivity contribution in [3.8, 4) is 0 Å². The number of nitrogens with two attached hydrogens (primary N) is 1. The summed E-state index contributed by atoms with van der Waals surface area (Å²) in [6.07, 6.45) is 7.35. The van der Waals surface area contributed by atoms with Crippen LogP contribution in [0.4, 0.5) is 5.69 Å². The van der Waals surface area contributed by atoms with E-state index in [9.17, 15) is 47.9 Å². The van der Waals surface area contributed by atoms with Gasteiger partial charge in [-0.1, -0.05) is 18.7 Å². The van der Waals surface area contributed by atoms with Crippen molar-refractivity contribution >= 4 is 81.0 Å². The summed E-state index contributed by atoms with van der Waals surface area (Å²) in [6.45, 7) is 24.6. The Balaban J connectivity index is 0. The number of esters is 1. The van der Waals surface area contributed by atoms with E-state index in [1.807, 2.05) is 29.2 Å². The van der Waals surface area contributed by atoms with Crippen LogP contribution >= 0.6 is 0 Å². The Bertz CT molecular complexity index is 2250. The molecule has 23 heteroatoms. The normalized spacial score (nSPS) is 11.4. The van der Waals surface area contributed by atoms with E-state index in [-0.39, 0.29) is 76.9 Å². The standard InChI is InChI=1S/C62H105N11O10.C4H6O.CH4O/c1-48(74)13-29-68(30-14-49(2)75)36-20-58(64)23-39-72(40-24-59(65)21-37-69(31-15-50(3)76)32-16-51(4)77)46-56(45-55-9-11-57(63)12-10-55)47-73(41-25-60(66)22-38-70(33-17-52(5)78)34-18-53(6)79)42-26-61(81)67-28-44-71(35-19-54(7)80)43-27-62(82)83-8;1-3-4(2)5;1-2/h9-12,56,64-66H,13-47,63H2,1-8H3,(H,67,81);3H,1H2,2H3;2H,1H3. The number of aliphatic hydroxyl groups excluding tert-OH is 1. The number of nitrogens with zero attached hydrogens (tertiary/aromatic N) is 6. The fraction of sp³-hybridized carbons (Fsp3) is 0.687. The van der Waals surface area contributed by atoms with Crippen LogP contribution in [-0.2, 0) is 59.1 Å². The molecular formula is C67H115N11O12. The molecule has 1 atom stereocenters. The van der Waals surface area contributed by atoms with Crippen LogP contribution in [0.1, 0.15) is 157 Å². The third-order valence-electron chi connectivity index (χ3n) is 14.9. The highest BCUT2D eigenvalue weighted by molar-refractivity contribution is 5.86. The van der Waals surface area contributed by atoms with Gasteiger partial charge in [-0.25, -0.2) is 0 Å². The molecule has 1 aromatic rings. The summed E-state index contributed by atoms with van der Waals surface area (Å²) in [5, 5.41) is 37.4. The number of hydrogen-bond donors (Lipinski definition) is 6. The van der Waals surface area contributed by atoms with Crippen molar-refractivity contribution in [2.45, 2.75) is 158 Å². The highest BCUT2D eigenvalue weighted by Crippen LogP contribution is 2.18. The molecule has 0 bridgehead atoms. The summed E-state index contributed by atoms with van der Waals surface area (Å²) in [5.74, 6) is -0.197. The third kappa shape index (κ3) is 52.6. The summed E-state index contributed by atoms with van der Waals surface area (Å²) in [4.78, 5) is 131. The van der Waals surface area contributed by atoms with Gasteiger partial charge in [-0.05, 0) is 130 Å². The lowest BCUT2D eigenvalue weighted by molar-refractivity contribution is -0.141. The number of nitrogen functional groups attached to an aromatic ring is 1. The van der Waals surface area contributed by atoms with Gasteiger partial charge in [0.25, 0.3) is 0 Å². The van der Waals surface area contributed by atoms with E-state index >= 15 is 0 Å². The maximum atomic E-state index is 13.7. The number of ether oxygens (including phenoxy) is 1. The molecule has 90 heavy (non-hydrogen) atoms. The van der Waals surface area contributed by atoms with Crippen molar-refractivity contribution in [2.75, 3.05) is 144 Å². The second-order valence-corrected chi connectivity index (χ2v) is 23.5. The molecule has 0 aliphatic heterocycles. The van der Waals surface area contributed by atoms with E-state index < -0.39 is 0 Å². The average molecular weight is 1270 g/mol. The summed E-state index contributed by atoms with van der Waals surface area (Å²) < 4.78 is 4.82. The van der Waals surface area contributed by atoms with Crippen LogP contribution in [0, 0.1) is 22.1 Å². The molecule has 1 amide bonds. The van der Waals surface area contributed by atoms with E-state index in [1.165, 1.54) is 27.0 Å². The molecule has 0 saturated carbocycles. The molecule has 0 aromatic heterocycles. The predicted octanol–water partition coefficient (Wildman–Crippen LogP) is 5.93. The van der Waals surface area contributed by atoms with Gasteiger partial charge in [0.1, 0.15) is 40.5 Å². The van der Waals surface area contributed by atoms with Crippen LogP contribution in [-0.4, -0.2) is 248 Å². The van der Waals surface area contributed by atoms with Gasteiger partial charge in [0.15, 0.2) is 5.78 Å². The zero-order valence-electron chi connectivity index (χ0n) is 56.6. The van der Waals surface area contributed by atoms with Crippen LogP contribution < -0.4 is 11.1 Å².